The zero-order valence-corrected chi connectivity index (χ0v) is 37.4. The van der Waals surface area contributed by atoms with Gasteiger partial charge in [0.2, 0.25) is 0 Å². The molecule has 336 valence electrons. The fourth-order valence-electron chi connectivity index (χ4n) is 6.71. The first-order valence-corrected chi connectivity index (χ1v) is 22.5. The average Bonchev–Trinajstić information content (AvgIpc) is 3.35. The van der Waals surface area contributed by atoms with Crippen LogP contribution in [-0.4, -0.2) is 51.6 Å². The summed E-state index contributed by atoms with van der Waals surface area (Å²) in [6.07, 6.45) is 12.0. The molecule has 0 N–H and O–H groups in total. The highest BCUT2D eigenvalue weighted by Gasteiger charge is 2.16. The summed E-state index contributed by atoms with van der Waals surface area (Å²) in [5.41, 5.74) is 3.97. The molecule has 0 fully saturated rings. The number of hydrogen-bond acceptors (Lipinski definition) is 8. The summed E-state index contributed by atoms with van der Waals surface area (Å²) in [6.45, 7) is 11.4. The van der Waals surface area contributed by atoms with Crippen molar-refractivity contribution in [2.45, 2.75) is 51.4 Å². The van der Waals surface area contributed by atoms with E-state index in [4.69, 9.17) is 28.4 Å². The Morgan fingerprint density at radius 2 is 0.742 bits per heavy atom. The van der Waals surface area contributed by atoms with E-state index in [1.54, 1.807) is 72.8 Å². The number of rotatable bonds is 24. The minimum Gasteiger partial charge on any atom is -0.494 e. The second-order valence-corrected chi connectivity index (χ2v) is 15.3. The molecule has 0 saturated carbocycles. The highest BCUT2D eigenvalue weighted by Crippen LogP contribution is 2.34. The van der Waals surface area contributed by atoms with E-state index in [0.717, 1.165) is 98.3 Å². The SMILES string of the molecule is C=CCOCCCCCCOc1ccc(C#Cc2ccc(C(=O)Oc3ccc(OC(=O)c4ccc(C#Cc5ccc(OCCCCCCOCC=C)cc5)cc4)c4ccccc34)cc2)cc1. The Labute approximate surface area is 389 Å². The first-order valence-electron chi connectivity index (χ1n) is 22.5. The molecule has 0 heterocycles. The summed E-state index contributed by atoms with van der Waals surface area (Å²) in [6, 6.07) is 39.9. The minimum absolute atomic E-state index is 0.342. The van der Waals surface area contributed by atoms with Crippen molar-refractivity contribution in [3.63, 3.8) is 0 Å². The Morgan fingerprint density at radius 1 is 0.409 bits per heavy atom. The molecule has 6 aromatic carbocycles. The molecule has 66 heavy (non-hydrogen) atoms. The normalized spacial score (nSPS) is 10.5. The molecule has 8 heteroatoms. The molecule has 0 spiro atoms. The maximum atomic E-state index is 13.3. The third-order valence-corrected chi connectivity index (χ3v) is 10.3. The van der Waals surface area contributed by atoms with E-state index < -0.39 is 11.9 Å². The molecule has 0 atom stereocenters. The molecule has 0 saturated heterocycles. The quantitative estimate of drug-likeness (QED) is 0.0195. The van der Waals surface area contributed by atoms with Crippen LogP contribution in [0.25, 0.3) is 10.8 Å². The predicted molar refractivity (Wildman–Crippen MR) is 262 cm³/mol. The maximum Gasteiger partial charge on any atom is 0.343 e. The molecule has 0 aliphatic rings. The van der Waals surface area contributed by atoms with Gasteiger partial charge in [-0.2, -0.15) is 0 Å². The average molecular weight is 881 g/mol. The summed E-state index contributed by atoms with van der Waals surface area (Å²) in [5, 5.41) is 1.25. The maximum absolute atomic E-state index is 13.3. The number of esters is 2. The van der Waals surface area contributed by atoms with Gasteiger partial charge in [0, 0.05) is 46.2 Å². The van der Waals surface area contributed by atoms with E-state index in [-0.39, 0.29) is 0 Å². The molecule has 6 rings (SSSR count). The second kappa shape index (κ2) is 27.1. The number of ether oxygens (including phenoxy) is 6. The Balaban J connectivity index is 0.955. The molecule has 6 aromatic rings. The predicted octanol–water partition coefficient (Wildman–Crippen LogP) is 12.4. The number of benzene rings is 6. The first kappa shape index (κ1) is 48.1. The van der Waals surface area contributed by atoms with E-state index in [1.807, 2.05) is 72.8 Å². The van der Waals surface area contributed by atoms with Crippen molar-refractivity contribution in [3.8, 4) is 46.7 Å². The zero-order valence-electron chi connectivity index (χ0n) is 37.4. The van der Waals surface area contributed by atoms with Crippen LogP contribution >= 0.6 is 0 Å². The van der Waals surface area contributed by atoms with Gasteiger partial charge in [0.1, 0.15) is 23.0 Å². The van der Waals surface area contributed by atoms with Crippen molar-refractivity contribution in [1.82, 2.24) is 0 Å². The monoisotopic (exact) mass is 880 g/mol. The van der Waals surface area contributed by atoms with Gasteiger partial charge in [0.05, 0.1) is 37.6 Å². The smallest absolute Gasteiger partial charge is 0.343 e. The first-order chi connectivity index (χ1) is 32.5. The molecule has 0 amide bonds. The number of unbranched alkanes of at least 4 members (excludes halogenated alkanes) is 6. The highest BCUT2D eigenvalue weighted by molar-refractivity contribution is 6.00. The van der Waals surface area contributed by atoms with Gasteiger partial charge in [0.25, 0.3) is 0 Å². The largest absolute Gasteiger partial charge is 0.494 e. The molecule has 0 aliphatic carbocycles. The van der Waals surface area contributed by atoms with Crippen LogP contribution in [0.5, 0.6) is 23.0 Å². The Bertz CT molecular complexity index is 2420. The summed E-state index contributed by atoms with van der Waals surface area (Å²) in [4.78, 5) is 26.6. The van der Waals surface area contributed by atoms with Crippen molar-refractivity contribution in [1.29, 1.82) is 0 Å². The van der Waals surface area contributed by atoms with Crippen LogP contribution < -0.4 is 18.9 Å². The van der Waals surface area contributed by atoms with Gasteiger partial charge in [-0.15, -0.1) is 13.2 Å². The van der Waals surface area contributed by atoms with E-state index in [1.165, 1.54) is 0 Å². The van der Waals surface area contributed by atoms with Gasteiger partial charge < -0.3 is 28.4 Å². The summed E-state index contributed by atoms with van der Waals surface area (Å²) in [5.74, 6) is 13.9. The second-order valence-electron chi connectivity index (χ2n) is 15.3. The summed E-state index contributed by atoms with van der Waals surface area (Å²) >= 11 is 0. The van der Waals surface area contributed by atoms with Crippen LogP contribution in [0.15, 0.2) is 159 Å². The van der Waals surface area contributed by atoms with Gasteiger partial charge in [-0.05, 0) is 148 Å². The fraction of sp³-hybridized carbons (Fsp3) is 0.241. The van der Waals surface area contributed by atoms with Crippen LogP contribution in [0.2, 0.25) is 0 Å². The van der Waals surface area contributed by atoms with E-state index in [0.29, 0.717) is 59.8 Å². The van der Waals surface area contributed by atoms with Crippen LogP contribution in [0, 0.1) is 23.7 Å². The lowest BCUT2D eigenvalue weighted by molar-refractivity contribution is 0.0723. The Morgan fingerprint density at radius 3 is 1.09 bits per heavy atom. The molecule has 0 bridgehead atoms. The molecule has 0 radical (unpaired) electrons. The van der Waals surface area contributed by atoms with E-state index in [2.05, 4.69) is 36.8 Å². The van der Waals surface area contributed by atoms with Gasteiger partial charge >= 0.3 is 11.9 Å². The lowest BCUT2D eigenvalue weighted by atomic mass is 10.1. The van der Waals surface area contributed by atoms with Crippen molar-refractivity contribution < 1.29 is 38.0 Å². The topological polar surface area (TPSA) is 89.5 Å². The van der Waals surface area contributed by atoms with E-state index in [9.17, 15) is 9.59 Å². The fourth-order valence-corrected chi connectivity index (χ4v) is 6.71. The molecular weight excluding hydrogens is 825 g/mol. The standard InChI is InChI=1S/C58H56O8/c1-3-39-61-41-11-5-7-13-43-63-51-33-25-47(26-34-51)19-17-45-21-29-49(30-22-45)57(59)65-55-37-38-56(54-16-10-9-15-53(54)55)66-58(60)50-31-23-46(24-32-50)18-20-48-27-35-52(36-28-48)64-44-14-8-6-12-42-62-40-4-2/h3-4,9-10,15-16,21-38H,1-2,5-8,11-14,39-44H2. The number of hydrogen-bond donors (Lipinski definition) is 0. The van der Waals surface area contributed by atoms with E-state index >= 15 is 0 Å². The van der Waals surface area contributed by atoms with Crippen LogP contribution in [0.4, 0.5) is 0 Å². The summed E-state index contributed by atoms with van der Waals surface area (Å²) < 4.78 is 34.3. The number of carbonyl (C=O) groups is 2. The van der Waals surface area contributed by atoms with Crippen molar-refractivity contribution in [3.05, 3.63) is 192 Å². The molecule has 0 aliphatic heterocycles. The lowest BCUT2D eigenvalue weighted by Gasteiger charge is -2.12. The third kappa shape index (κ3) is 16.0. The van der Waals surface area contributed by atoms with Crippen LogP contribution in [0.3, 0.4) is 0 Å². The van der Waals surface area contributed by atoms with Gasteiger partial charge in [0.15, 0.2) is 0 Å². The Hall–Kier alpha value is -7.36. The van der Waals surface area contributed by atoms with Crippen molar-refractivity contribution in [2.24, 2.45) is 0 Å². The summed E-state index contributed by atoms with van der Waals surface area (Å²) in [7, 11) is 0. The van der Waals surface area contributed by atoms with Gasteiger partial charge in [-0.25, -0.2) is 9.59 Å². The molecule has 0 unspecified atom stereocenters. The van der Waals surface area contributed by atoms with Crippen LogP contribution in [0.1, 0.15) is 94.3 Å². The molecule has 0 aromatic heterocycles. The van der Waals surface area contributed by atoms with Gasteiger partial charge in [-0.1, -0.05) is 72.9 Å². The highest BCUT2D eigenvalue weighted by atomic mass is 16.5. The lowest BCUT2D eigenvalue weighted by Crippen LogP contribution is -2.10. The minimum atomic E-state index is -0.522. The Kier molecular flexibility index (Phi) is 19.7. The zero-order chi connectivity index (χ0) is 46.0. The molecular formula is C58H56O8. The number of carbonyl (C=O) groups excluding carboxylic acids is 2. The number of fused-ring (bicyclic) bond motifs is 1. The van der Waals surface area contributed by atoms with Crippen molar-refractivity contribution >= 4 is 22.7 Å². The van der Waals surface area contributed by atoms with Crippen molar-refractivity contribution in [2.75, 3.05) is 39.6 Å². The van der Waals surface area contributed by atoms with Crippen LogP contribution in [-0.2, 0) is 9.47 Å². The van der Waals surface area contributed by atoms with Gasteiger partial charge in [-0.3, -0.25) is 0 Å². The molecule has 8 nitrogen and oxygen atoms in total. The third-order valence-electron chi connectivity index (χ3n) is 10.3.